The number of hydrogen-bond donors (Lipinski definition) is 1. The van der Waals surface area contributed by atoms with E-state index in [1.165, 1.54) is 11.0 Å². The molecule has 1 N–H and O–H groups in total. The summed E-state index contributed by atoms with van der Waals surface area (Å²) in [5.41, 5.74) is 2.11. The number of benzene rings is 1. The van der Waals surface area contributed by atoms with Crippen molar-refractivity contribution in [2.45, 2.75) is 39.7 Å². The van der Waals surface area contributed by atoms with Crippen LogP contribution >= 0.6 is 11.3 Å². The van der Waals surface area contributed by atoms with Gasteiger partial charge in [-0.2, -0.15) is 0 Å². The molecule has 5 rings (SSSR count). The van der Waals surface area contributed by atoms with Crippen LogP contribution in [0.25, 0.3) is 11.4 Å². The van der Waals surface area contributed by atoms with E-state index < -0.39 is 23.7 Å². The van der Waals surface area contributed by atoms with Gasteiger partial charge in [0.2, 0.25) is 0 Å². The SMILES string of the molecule is C=CCOC(=O)c1sc(N2C(=O)C(=O)/C(=C(/O)c3c(C)nc4ccccn34)C2c2cccc(OCCCC)c2)nc1C. The molecule has 1 amide bonds. The molecule has 0 bridgehead atoms. The number of rotatable bonds is 10. The van der Waals surface area contributed by atoms with Gasteiger partial charge in [-0.15, -0.1) is 0 Å². The number of aryl methyl sites for hydroxylation is 2. The molecule has 11 heteroatoms. The largest absolute Gasteiger partial charge is 0.505 e. The Bertz CT molecular complexity index is 1740. The topological polar surface area (TPSA) is 123 Å². The molecule has 216 valence electrons. The molecule has 4 aromatic rings. The molecule has 0 spiro atoms. The van der Waals surface area contributed by atoms with Crippen LogP contribution in [-0.4, -0.2) is 50.3 Å². The van der Waals surface area contributed by atoms with Crippen LogP contribution in [0.1, 0.15) is 58.1 Å². The predicted molar refractivity (Wildman–Crippen MR) is 159 cm³/mol. The third-order valence-electron chi connectivity index (χ3n) is 6.82. The first-order valence-electron chi connectivity index (χ1n) is 13.5. The van der Waals surface area contributed by atoms with Crippen LogP contribution in [0.4, 0.5) is 5.13 Å². The summed E-state index contributed by atoms with van der Waals surface area (Å²) in [6.07, 6.45) is 4.99. The van der Waals surface area contributed by atoms with Gasteiger partial charge in [-0.1, -0.05) is 55.5 Å². The monoisotopic (exact) mass is 586 g/mol. The Kier molecular flexibility index (Phi) is 8.21. The number of amides is 1. The Hall–Kier alpha value is -4.77. The number of unbranched alkanes of at least 4 members (excludes halogenated alkanes) is 1. The number of esters is 1. The minimum Gasteiger partial charge on any atom is -0.505 e. The van der Waals surface area contributed by atoms with E-state index in [4.69, 9.17) is 9.47 Å². The molecule has 1 atom stereocenters. The third kappa shape index (κ3) is 5.18. The number of aliphatic hydroxyl groups is 1. The Labute approximate surface area is 246 Å². The number of anilines is 1. The summed E-state index contributed by atoms with van der Waals surface area (Å²) < 4.78 is 12.8. The number of ketones is 1. The van der Waals surface area contributed by atoms with Crippen molar-refractivity contribution in [3.63, 3.8) is 0 Å². The van der Waals surface area contributed by atoms with Crippen LogP contribution in [0.3, 0.4) is 0 Å². The number of pyridine rings is 1. The van der Waals surface area contributed by atoms with E-state index in [1.807, 2.05) is 6.07 Å². The number of nitrogens with zero attached hydrogens (tertiary/aromatic N) is 4. The van der Waals surface area contributed by atoms with Gasteiger partial charge in [-0.05, 0) is 50.1 Å². The number of carbonyl (C=O) groups excluding carboxylic acids is 3. The summed E-state index contributed by atoms with van der Waals surface area (Å²) in [5, 5.41) is 11.9. The van der Waals surface area contributed by atoms with Gasteiger partial charge in [-0.25, -0.2) is 14.8 Å². The van der Waals surface area contributed by atoms with Gasteiger partial charge in [0, 0.05) is 6.20 Å². The Morgan fingerprint density at radius 1 is 1.14 bits per heavy atom. The number of aromatic nitrogens is 3. The number of imidazole rings is 1. The molecule has 3 aromatic heterocycles. The zero-order chi connectivity index (χ0) is 30.0. The highest BCUT2D eigenvalue weighted by molar-refractivity contribution is 7.17. The lowest BCUT2D eigenvalue weighted by molar-refractivity contribution is -0.132. The molecule has 42 heavy (non-hydrogen) atoms. The van der Waals surface area contributed by atoms with Crippen molar-refractivity contribution in [3.8, 4) is 5.75 Å². The van der Waals surface area contributed by atoms with Crippen molar-refractivity contribution >= 4 is 45.5 Å². The van der Waals surface area contributed by atoms with Crippen LogP contribution in [-0.2, 0) is 14.3 Å². The summed E-state index contributed by atoms with van der Waals surface area (Å²) in [5.74, 6) is -2.19. The lowest BCUT2D eigenvalue weighted by atomic mass is 9.96. The van der Waals surface area contributed by atoms with Crippen molar-refractivity contribution in [1.29, 1.82) is 0 Å². The van der Waals surface area contributed by atoms with E-state index in [1.54, 1.807) is 60.8 Å². The Balaban J connectivity index is 1.69. The first kappa shape index (κ1) is 28.7. The molecule has 0 radical (unpaired) electrons. The van der Waals surface area contributed by atoms with E-state index in [2.05, 4.69) is 23.5 Å². The molecular weight excluding hydrogens is 556 g/mol. The van der Waals surface area contributed by atoms with Crippen LogP contribution in [0.15, 0.2) is 66.9 Å². The van der Waals surface area contributed by atoms with E-state index in [0.717, 1.165) is 24.2 Å². The molecular formula is C31H30N4O6S. The summed E-state index contributed by atoms with van der Waals surface area (Å²) in [6.45, 7) is 9.48. The second-order valence-electron chi connectivity index (χ2n) is 9.72. The molecule has 1 aliphatic rings. The standard InChI is InChI=1S/C31H30N4O6S/c1-5-7-16-40-21-12-10-11-20(17-21)25-23(26(36)24-18(3)32-22-13-8-9-14-34(22)24)27(37)29(38)35(25)31-33-19(4)28(42-31)30(39)41-15-6-2/h6,8-14,17,25,36H,2,5,7,15-16H2,1,3-4H3/b26-23+. The zero-order valence-electron chi connectivity index (χ0n) is 23.5. The third-order valence-corrected chi connectivity index (χ3v) is 7.96. The fraction of sp³-hybridized carbons (Fsp3) is 0.258. The smallest absolute Gasteiger partial charge is 0.350 e. The molecule has 1 unspecified atom stereocenters. The van der Waals surface area contributed by atoms with Gasteiger partial charge in [0.1, 0.15) is 28.6 Å². The maximum atomic E-state index is 13.7. The lowest BCUT2D eigenvalue weighted by Crippen LogP contribution is -2.29. The average Bonchev–Trinajstić information content (AvgIpc) is 3.61. The number of aliphatic hydroxyl groups excluding tert-OH is 1. The second kappa shape index (κ2) is 12.0. The molecule has 0 saturated carbocycles. The minimum absolute atomic E-state index is 0.0134. The van der Waals surface area contributed by atoms with E-state index >= 15 is 0 Å². The van der Waals surface area contributed by atoms with Gasteiger partial charge in [0.25, 0.3) is 5.78 Å². The van der Waals surface area contributed by atoms with Crippen LogP contribution in [0.5, 0.6) is 5.75 Å². The summed E-state index contributed by atoms with van der Waals surface area (Å²) in [7, 11) is 0. The molecule has 1 aromatic carbocycles. The summed E-state index contributed by atoms with van der Waals surface area (Å²) in [4.78, 5) is 50.5. The highest BCUT2D eigenvalue weighted by atomic mass is 32.1. The fourth-order valence-corrected chi connectivity index (χ4v) is 5.84. The molecule has 1 aliphatic heterocycles. The van der Waals surface area contributed by atoms with Crippen molar-refractivity contribution in [2.24, 2.45) is 0 Å². The van der Waals surface area contributed by atoms with Gasteiger partial charge in [0.05, 0.1) is 29.6 Å². The van der Waals surface area contributed by atoms with Crippen LogP contribution in [0.2, 0.25) is 0 Å². The Morgan fingerprint density at radius 2 is 1.95 bits per heavy atom. The quantitative estimate of drug-likeness (QED) is 0.0640. The van der Waals surface area contributed by atoms with Crippen molar-refractivity contribution in [2.75, 3.05) is 18.1 Å². The summed E-state index contributed by atoms with van der Waals surface area (Å²) in [6, 6.07) is 11.4. The first-order valence-corrected chi connectivity index (χ1v) is 14.3. The molecule has 4 heterocycles. The number of fused-ring (bicyclic) bond motifs is 1. The molecule has 10 nitrogen and oxygen atoms in total. The highest BCUT2D eigenvalue weighted by Crippen LogP contribution is 2.44. The number of thiazole rings is 1. The lowest BCUT2D eigenvalue weighted by Gasteiger charge is -2.23. The van der Waals surface area contributed by atoms with Gasteiger partial charge in [0.15, 0.2) is 10.9 Å². The van der Waals surface area contributed by atoms with E-state index in [9.17, 15) is 19.5 Å². The normalized spacial score (nSPS) is 16.3. The number of carbonyl (C=O) groups is 3. The fourth-order valence-electron chi connectivity index (χ4n) is 4.86. The molecule has 0 aliphatic carbocycles. The second-order valence-corrected chi connectivity index (χ2v) is 10.7. The Morgan fingerprint density at radius 3 is 2.71 bits per heavy atom. The number of hydrogen-bond acceptors (Lipinski definition) is 9. The number of ether oxygens (including phenoxy) is 2. The summed E-state index contributed by atoms with van der Waals surface area (Å²) >= 11 is 0.937. The highest BCUT2D eigenvalue weighted by Gasteiger charge is 2.49. The van der Waals surface area contributed by atoms with Crippen molar-refractivity contribution in [3.05, 3.63) is 94.4 Å². The molecule has 1 fully saturated rings. The first-order chi connectivity index (χ1) is 20.3. The van der Waals surface area contributed by atoms with Gasteiger partial charge in [-0.3, -0.25) is 18.9 Å². The van der Waals surface area contributed by atoms with Crippen molar-refractivity contribution in [1.82, 2.24) is 14.4 Å². The maximum absolute atomic E-state index is 13.7. The average molecular weight is 587 g/mol. The van der Waals surface area contributed by atoms with Crippen LogP contribution in [0, 0.1) is 13.8 Å². The van der Waals surface area contributed by atoms with E-state index in [0.29, 0.717) is 40.6 Å². The van der Waals surface area contributed by atoms with E-state index in [-0.39, 0.29) is 27.9 Å². The molecule has 1 saturated heterocycles. The number of Topliss-reactive ketones (excluding diaryl/α,β-unsaturated/α-hetero) is 1. The minimum atomic E-state index is -1.06. The maximum Gasteiger partial charge on any atom is 0.350 e. The predicted octanol–water partition coefficient (Wildman–Crippen LogP) is 5.56. The van der Waals surface area contributed by atoms with Crippen LogP contribution < -0.4 is 9.64 Å². The van der Waals surface area contributed by atoms with Gasteiger partial charge >= 0.3 is 11.9 Å². The van der Waals surface area contributed by atoms with Gasteiger partial charge < -0.3 is 14.6 Å². The van der Waals surface area contributed by atoms with Crippen molar-refractivity contribution < 1.29 is 29.0 Å². The zero-order valence-corrected chi connectivity index (χ0v) is 24.3.